The number of ether oxygens (including phenoxy) is 2. The maximum atomic E-state index is 5.81. The van der Waals surface area contributed by atoms with Crippen LogP contribution in [0.4, 0.5) is 0 Å². The lowest BCUT2D eigenvalue weighted by Crippen LogP contribution is -2.41. The minimum atomic E-state index is -0.427. The van der Waals surface area contributed by atoms with E-state index in [0.717, 1.165) is 5.57 Å². The Labute approximate surface area is 91.2 Å². The molecule has 1 aliphatic heterocycles. The number of hydrogen-bond donors (Lipinski definition) is 1. The van der Waals surface area contributed by atoms with Gasteiger partial charge in [-0.3, -0.25) is 4.99 Å². The molecule has 0 saturated carbocycles. The molecule has 0 spiro atoms. The van der Waals surface area contributed by atoms with Gasteiger partial charge in [-0.15, -0.1) is 0 Å². The zero-order valence-corrected chi connectivity index (χ0v) is 10.1. The third-order valence-corrected chi connectivity index (χ3v) is 3.00. The molecule has 0 aromatic rings. The monoisotopic (exact) mass is 212 g/mol. The van der Waals surface area contributed by atoms with Crippen LogP contribution in [0.15, 0.2) is 16.8 Å². The molecule has 0 bridgehead atoms. The van der Waals surface area contributed by atoms with Crippen LogP contribution in [0.5, 0.6) is 0 Å². The van der Waals surface area contributed by atoms with E-state index in [1.807, 2.05) is 27.7 Å². The highest BCUT2D eigenvalue weighted by molar-refractivity contribution is 5.79. The number of rotatable bonds is 2. The Balaban J connectivity index is 2.87. The fourth-order valence-electron chi connectivity index (χ4n) is 1.31. The maximum Gasteiger partial charge on any atom is 0.188 e. The summed E-state index contributed by atoms with van der Waals surface area (Å²) in [4.78, 5) is 3.91. The normalized spacial score (nSPS) is 26.3. The third kappa shape index (κ3) is 2.21. The van der Waals surface area contributed by atoms with Gasteiger partial charge in [-0.2, -0.15) is 0 Å². The SMILES string of the molecule is CN=CC(=CN)C1OC(C)(C)C(C)(C)O1. The van der Waals surface area contributed by atoms with Crippen LogP contribution in [0.1, 0.15) is 27.7 Å². The van der Waals surface area contributed by atoms with Crippen molar-refractivity contribution in [3.05, 3.63) is 11.8 Å². The van der Waals surface area contributed by atoms with E-state index in [2.05, 4.69) is 4.99 Å². The molecule has 15 heavy (non-hydrogen) atoms. The highest BCUT2D eigenvalue weighted by atomic mass is 16.7. The van der Waals surface area contributed by atoms with Crippen molar-refractivity contribution < 1.29 is 9.47 Å². The van der Waals surface area contributed by atoms with Crippen molar-refractivity contribution in [2.75, 3.05) is 7.05 Å². The van der Waals surface area contributed by atoms with Gasteiger partial charge < -0.3 is 15.2 Å². The highest BCUT2D eigenvalue weighted by Gasteiger charge is 2.49. The second-order valence-electron chi connectivity index (χ2n) is 4.64. The Morgan fingerprint density at radius 1 is 1.20 bits per heavy atom. The zero-order valence-electron chi connectivity index (χ0n) is 10.1. The summed E-state index contributed by atoms with van der Waals surface area (Å²) in [5.41, 5.74) is 5.57. The summed E-state index contributed by atoms with van der Waals surface area (Å²) in [6, 6.07) is 0. The van der Waals surface area contributed by atoms with Gasteiger partial charge in [0.2, 0.25) is 0 Å². The molecule has 0 radical (unpaired) electrons. The summed E-state index contributed by atoms with van der Waals surface area (Å²) >= 11 is 0. The molecule has 2 N–H and O–H groups in total. The zero-order chi connectivity index (χ0) is 11.7. The molecule has 0 unspecified atom stereocenters. The van der Waals surface area contributed by atoms with E-state index in [1.54, 1.807) is 13.3 Å². The molecule has 86 valence electrons. The number of nitrogens with zero attached hydrogens (tertiary/aromatic N) is 1. The Hall–Kier alpha value is -0.870. The first-order chi connectivity index (χ1) is 6.84. The third-order valence-electron chi connectivity index (χ3n) is 3.00. The molecule has 1 heterocycles. The van der Waals surface area contributed by atoms with Crippen molar-refractivity contribution in [1.29, 1.82) is 0 Å². The van der Waals surface area contributed by atoms with Crippen molar-refractivity contribution in [3.8, 4) is 0 Å². The maximum absolute atomic E-state index is 5.81. The molecule has 4 nitrogen and oxygen atoms in total. The molecule has 0 aromatic carbocycles. The Bertz CT molecular complexity index is 277. The molecule has 0 amide bonds. The fraction of sp³-hybridized carbons (Fsp3) is 0.727. The van der Waals surface area contributed by atoms with E-state index in [1.165, 1.54) is 6.20 Å². The minimum Gasteiger partial charge on any atom is -0.404 e. The van der Waals surface area contributed by atoms with Crippen molar-refractivity contribution in [2.24, 2.45) is 10.7 Å². The van der Waals surface area contributed by atoms with Gasteiger partial charge in [-0.25, -0.2) is 0 Å². The highest BCUT2D eigenvalue weighted by Crippen LogP contribution is 2.39. The number of nitrogens with two attached hydrogens (primary N) is 1. The number of aliphatic imine (C=N–C) groups is 1. The molecule has 0 aliphatic carbocycles. The van der Waals surface area contributed by atoms with Crippen LogP contribution in [0, 0.1) is 0 Å². The average Bonchev–Trinajstić information content (AvgIpc) is 2.32. The van der Waals surface area contributed by atoms with Gasteiger partial charge in [0.1, 0.15) is 0 Å². The van der Waals surface area contributed by atoms with Gasteiger partial charge in [0.15, 0.2) is 6.29 Å². The van der Waals surface area contributed by atoms with Crippen LogP contribution in [0.25, 0.3) is 0 Å². The van der Waals surface area contributed by atoms with Crippen LogP contribution in [-0.4, -0.2) is 30.8 Å². The van der Waals surface area contributed by atoms with Gasteiger partial charge >= 0.3 is 0 Å². The van der Waals surface area contributed by atoms with E-state index >= 15 is 0 Å². The lowest BCUT2D eigenvalue weighted by atomic mass is 9.90. The van der Waals surface area contributed by atoms with E-state index in [-0.39, 0.29) is 11.2 Å². The van der Waals surface area contributed by atoms with E-state index in [9.17, 15) is 0 Å². The smallest absolute Gasteiger partial charge is 0.188 e. The van der Waals surface area contributed by atoms with Gasteiger partial charge in [0.25, 0.3) is 0 Å². The van der Waals surface area contributed by atoms with Crippen molar-refractivity contribution >= 4 is 6.21 Å². The van der Waals surface area contributed by atoms with Gasteiger partial charge in [0.05, 0.1) is 11.2 Å². The van der Waals surface area contributed by atoms with Crippen molar-refractivity contribution in [2.45, 2.75) is 45.2 Å². The lowest BCUT2D eigenvalue weighted by molar-refractivity contribution is -0.0547. The number of hydrogen-bond acceptors (Lipinski definition) is 4. The van der Waals surface area contributed by atoms with E-state index < -0.39 is 6.29 Å². The van der Waals surface area contributed by atoms with Gasteiger partial charge in [-0.05, 0) is 27.7 Å². The quantitative estimate of drug-likeness (QED) is 0.705. The van der Waals surface area contributed by atoms with E-state index in [0.29, 0.717) is 0 Å². The molecule has 4 heteroatoms. The Morgan fingerprint density at radius 2 is 1.67 bits per heavy atom. The predicted molar refractivity (Wildman–Crippen MR) is 60.8 cm³/mol. The molecule has 1 rings (SSSR count). The molecule has 0 atom stereocenters. The molecular formula is C11H20N2O2. The van der Waals surface area contributed by atoms with Crippen molar-refractivity contribution in [1.82, 2.24) is 0 Å². The first-order valence-electron chi connectivity index (χ1n) is 5.03. The summed E-state index contributed by atoms with van der Waals surface area (Å²) in [6.07, 6.45) is 2.70. The molecule has 1 fully saturated rings. The first-order valence-corrected chi connectivity index (χ1v) is 5.03. The second kappa shape index (κ2) is 3.94. The molecule has 1 aliphatic rings. The predicted octanol–water partition coefficient (Wildman–Crippen LogP) is 1.46. The average molecular weight is 212 g/mol. The first kappa shape index (κ1) is 12.2. The second-order valence-corrected chi connectivity index (χ2v) is 4.64. The van der Waals surface area contributed by atoms with Crippen LogP contribution in [0.2, 0.25) is 0 Å². The van der Waals surface area contributed by atoms with E-state index in [4.69, 9.17) is 15.2 Å². The Morgan fingerprint density at radius 3 is 2.00 bits per heavy atom. The van der Waals surface area contributed by atoms with Crippen LogP contribution >= 0.6 is 0 Å². The van der Waals surface area contributed by atoms with Crippen LogP contribution < -0.4 is 5.73 Å². The topological polar surface area (TPSA) is 56.8 Å². The fourth-order valence-corrected chi connectivity index (χ4v) is 1.31. The summed E-state index contributed by atoms with van der Waals surface area (Å²) in [5.74, 6) is 0. The van der Waals surface area contributed by atoms with Crippen LogP contribution in [0.3, 0.4) is 0 Å². The molecule has 1 saturated heterocycles. The van der Waals surface area contributed by atoms with Crippen molar-refractivity contribution in [3.63, 3.8) is 0 Å². The van der Waals surface area contributed by atoms with Crippen LogP contribution in [-0.2, 0) is 9.47 Å². The minimum absolute atomic E-state index is 0.340. The standard InChI is InChI=1S/C11H20N2O2/c1-10(2)11(3,4)15-9(14-10)8(6-12)7-13-5/h6-7,9H,12H2,1-5H3. The molecular weight excluding hydrogens is 192 g/mol. The largest absolute Gasteiger partial charge is 0.404 e. The van der Waals surface area contributed by atoms with Gasteiger partial charge in [-0.1, -0.05) is 0 Å². The summed E-state index contributed by atoms with van der Waals surface area (Å²) < 4.78 is 11.6. The lowest BCUT2D eigenvalue weighted by Gasteiger charge is -2.30. The summed E-state index contributed by atoms with van der Waals surface area (Å²) in [6.45, 7) is 8.02. The molecule has 0 aromatic heterocycles. The summed E-state index contributed by atoms with van der Waals surface area (Å²) in [5, 5.41) is 0. The van der Waals surface area contributed by atoms with Gasteiger partial charge in [0, 0.05) is 25.0 Å². The Kier molecular flexibility index (Phi) is 3.21. The summed E-state index contributed by atoms with van der Waals surface area (Å²) in [7, 11) is 1.69.